The third kappa shape index (κ3) is 3.27. The molecule has 0 bridgehead atoms. The number of halogens is 1. The second-order valence-corrected chi connectivity index (χ2v) is 4.71. The SMILES string of the molecule is COCCNc1nccn1-c1ccc(OC)c(Br)c1. The molecule has 1 aromatic heterocycles. The molecule has 102 valence electrons. The van der Waals surface area contributed by atoms with Crippen molar-refractivity contribution in [1.29, 1.82) is 0 Å². The van der Waals surface area contributed by atoms with Crippen LogP contribution in [-0.2, 0) is 4.74 Å². The van der Waals surface area contributed by atoms with E-state index in [-0.39, 0.29) is 0 Å². The van der Waals surface area contributed by atoms with E-state index in [0.717, 1.165) is 21.9 Å². The van der Waals surface area contributed by atoms with Crippen molar-refractivity contribution in [2.75, 3.05) is 32.7 Å². The Morgan fingerprint density at radius 3 is 2.89 bits per heavy atom. The molecular weight excluding hydrogens is 310 g/mol. The highest BCUT2D eigenvalue weighted by molar-refractivity contribution is 9.10. The molecule has 1 N–H and O–H groups in total. The van der Waals surface area contributed by atoms with Crippen molar-refractivity contribution in [2.45, 2.75) is 0 Å². The Bertz CT molecular complexity index is 542. The third-order valence-electron chi connectivity index (χ3n) is 2.64. The Balaban J connectivity index is 2.22. The largest absolute Gasteiger partial charge is 0.496 e. The molecule has 0 unspecified atom stereocenters. The predicted octanol–water partition coefficient (Wildman–Crippen LogP) is 2.70. The molecule has 0 radical (unpaired) electrons. The van der Waals surface area contributed by atoms with Crippen LogP contribution in [0.2, 0.25) is 0 Å². The number of anilines is 1. The van der Waals surface area contributed by atoms with Gasteiger partial charge in [-0.1, -0.05) is 0 Å². The van der Waals surface area contributed by atoms with Crippen molar-refractivity contribution >= 4 is 21.9 Å². The molecule has 2 rings (SSSR count). The molecule has 0 spiro atoms. The summed E-state index contributed by atoms with van der Waals surface area (Å²) in [7, 11) is 3.32. The Morgan fingerprint density at radius 2 is 2.21 bits per heavy atom. The van der Waals surface area contributed by atoms with Gasteiger partial charge in [-0.3, -0.25) is 4.57 Å². The van der Waals surface area contributed by atoms with Crippen molar-refractivity contribution in [1.82, 2.24) is 9.55 Å². The Kier molecular flexibility index (Phi) is 4.81. The number of nitrogens with one attached hydrogen (secondary N) is 1. The van der Waals surface area contributed by atoms with Crippen LogP contribution in [0.15, 0.2) is 35.1 Å². The van der Waals surface area contributed by atoms with E-state index in [1.807, 2.05) is 29.0 Å². The molecule has 0 amide bonds. The number of hydrogen-bond acceptors (Lipinski definition) is 4. The number of hydrogen-bond donors (Lipinski definition) is 1. The lowest BCUT2D eigenvalue weighted by Crippen LogP contribution is -2.11. The maximum atomic E-state index is 5.22. The van der Waals surface area contributed by atoms with Gasteiger partial charge in [-0.05, 0) is 34.1 Å². The number of methoxy groups -OCH3 is 2. The van der Waals surface area contributed by atoms with Gasteiger partial charge in [0.15, 0.2) is 0 Å². The van der Waals surface area contributed by atoms with Gasteiger partial charge in [0.05, 0.1) is 18.2 Å². The maximum absolute atomic E-state index is 5.22. The number of rotatable bonds is 6. The molecule has 5 nitrogen and oxygen atoms in total. The van der Waals surface area contributed by atoms with Gasteiger partial charge < -0.3 is 14.8 Å². The zero-order valence-corrected chi connectivity index (χ0v) is 12.5. The highest BCUT2D eigenvalue weighted by Gasteiger charge is 2.07. The van der Waals surface area contributed by atoms with Crippen LogP contribution in [-0.4, -0.2) is 36.9 Å². The van der Waals surface area contributed by atoms with Gasteiger partial charge in [-0.15, -0.1) is 0 Å². The lowest BCUT2D eigenvalue weighted by molar-refractivity contribution is 0.210. The first-order valence-electron chi connectivity index (χ1n) is 5.86. The Morgan fingerprint density at radius 1 is 1.37 bits per heavy atom. The topological polar surface area (TPSA) is 48.3 Å². The number of aromatic nitrogens is 2. The number of imidazole rings is 1. The highest BCUT2D eigenvalue weighted by Crippen LogP contribution is 2.28. The van der Waals surface area contributed by atoms with E-state index in [2.05, 4.69) is 26.2 Å². The minimum absolute atomic E-state index is 0.638. The summed E-state index contributed by atoms with van der Waals surface area (Å²) in [5.74, 6) is 1.59. The quantitative estimate of drug-likeness (QED) is 0.829. The zero-order valence-electron chi connectivity index (χ0n) is 10.9. The lowest BCUT2D eigenvalue weighted by Gasteiger charge is -2.11. The van der Waals surface area contributed by atoms with Gasteiger partial charge in [-0.25, -0.2) is 4.98 Å². The zero-order chi connectivity index (χ0) is 13.7. The smallest absolute Gasteiger partial charge is 0.207 e. The first kappa shape index (κ1) is 13.9. The molecule has 0 saturated carbocycles. The first-order valence-corrected chi connectivity index (χ1v) is 6.65. The van der Waals surface area contributed by atoms with Crippen LogP contribution in [0.25, 0.3) is 5.69 Å². The molecule has 0 aliphatic carbocycles. The Labute approximate surface area is 120 Å². The minimum Gasteiger partial charge on any atom is -0.496 e. The summed E-state index contributed by atoms with van der Waals surface area (Å²) in [5.41, 5.74) is 1.00. The number of benzene rings is 1. The Hall–Kier alpha value is -1.53. The van der Waals surface area contributed by atoms with Crippen LogP contribution in [0.3, 0.4) is 0 Å². The summed E-state index contributed by atoms with van der Waals surface area (Å²) in [4.78, 5) is 4.29. The second kappa shape index (κ2) is 6.58. The molecule has 0 aliphatic rings. The minimum atomic E-state index is 0.638. The molecule has 0 saturated heterocycles. The van der Waals surface area contributed by atoms with Crippen molar-refractivity contribution < 1.29 is 9.47 Å². The molecular formula is C13H16BrN3O2. The van der Waals surface area contributed by atoms with E-state index in [4.69, 9.17) is 9.47 Å². The summed E-state index contributed by atoms with van der Waals surface area (Å²) >= 11 is 3.48. The fourth-order valence-corrected chi connectivity index (χ4v) is 2.24. The van der Waals surface area contributed by atoms with Crippen molar-refractivity contribution in [3.63, 3.8) is 0 Å². The van der Waals surface area contributed by atoms with E-state index >= 15 is 0 Å². The van der Waals surface area contributed by atoms with Crippen molar-refractivity contribution in [2.24, 2.45) is 0 Å². The van der Waals surface area contributed by atoms with E-state index < -0.39 is 0 Å². The molecule has 0 atom stereocenters. The fraction of sp³-hybridized carbons (Fsp3) is 0.308. The molecule has 0 fully saturated rings. The summed E-state index contributed by atoms with van der Waals surface area (Å²) in [5, 5.41) is 3.22. The average molecular weight is 326 g/mol. The molecule has 0 aliphatic heterocycles. The van der Waals surface area contributed by atoms with Crippen LogP contribution in [0.4, 0.5) is 5.95 Å². The molecule has 19 heavy (non-hydrogen) atoms. The van der Waals surface area contributed by atoms with Crippen LogP contribution in [0, 0.1) is 0 Å². The second-order valence-electron chi connectivity index (χ2n) is 3.86. The van der Waals surface area contributed by atoms with Gasteiger partial charge in [0.2, 0.25) is 5.95 Å². The van der Waals surface area contributed by atoms with Crippen LogP contribution in [0.1, 0.15) is 0 Å². The van der Waals surface area contributed by atoms with E-state index in [1.54, 1.807) is 20.4 Å². The van der Waals surface area contributed by atoms with Gasteiger partial charge >= 0.3 is 0 Å². The maximum Gasteiger partial charge on any atom is 0.207 e. The summed E-state index contributed by atoms with van der Waals surface area (Å²) < 4.78 is 13.1. The number of ether oxygens (including phenoxy) is 2. The van der Waals surface area contributed by atoms with Crippen LogP contribution < -0.4 is 10.1 Å². The van der Waals surface area contributed by atoms with Crippen molar-refractivity contribution in [3.8, 4) is 11.4 Å². The standard InChI is InChI=1S/C13H16BrN3O2/c1-18-8-6-16-13-15-5-7-17(13)10-3-4-12(19-2)11(14)9-10/h3-5,7,9H,6,8H2,1-2H3,(H,15,16). The first-order chi connectivity index (χ1) is 9.26. The highest BCUT2D eigenvalue weighted by atomic mass is 79.9. The summed E-state index contributed by atoms with van der Waals surface area (Å²) in [6.45, 7) is 1.35. The summed E-state index contributed by atoms with van der Waals surface area (Å²) in [6.07, 6.45) is 3.66. The van der Waals surface area contributed by atoms with E-state index in [9.17, 15) is 0 Å². The van der Waals surface area contributed by atoms with Crippen LogP contribution >= 0.6 is 15.9 Å². The third-order valence-corrected chi connectivity index (χ3v) is 3.26. The van der Waals surface area contributed by atoms with Crippen molar-refractivity contribution in [3.05, 3.63) is 35.1 Å². The lowest BCUT2D eigenvalue weighted by atomic mass is 10.3. The normalized spacial score (nSPS) is 10.5. The molecule has 1 heterocycles. The summed E-state index contributed by atoms with van der Waals surface area (Å²) in [6, 6.07) is 5.88. The molecule has 6 heteroatoms. The number of nitrogens with zero attached hydrogens (tertiary/aromatic N) is 2. The predicted molar refractivity (Wildman–Crippen MR) is 78.2 cm³/mol. The van der Waals surface area contributed by atoms with E-state index in [0.29, 0.717) is 13.2 Å². The van der Waals surface area contributed by atoms with Crippen LogP contribution in [0.5, 0.6) is 5.75 Å². The monoisotopic (exact) mass is 325 g/mol. The molecule has 2 aromatic rings. The van der Waals surface area contributed by atoms with Gasteiger partial charge in [0, 0.05) is 31.7 Å². The van der Waals surface area contributed by atoms with E-state index in [1.165, 1.54) is 0 Å². The van der Waals surface area contributed by atoms with Gasteiger partial charge in [0.1, 0.15) is 5.75 Å². The van der Waals surface area contributed by atoms with Gasteiger partial charge in [-0.2, -0.15) is 0 Å². The average Bonchev–Trinajstić information content (AvgIpc) is 2.87. The fourth-order valence-electron chi connectivity index (χ4n) is 1.71. The molecule has 1 aromatic carbocycles. The van der Waals surface area contributed by atoms with Gasteiger partial charge in [0.25, 0.3) is 0 Å².